The largest absolute Gasteiger partial charge is 0.497 e. The van der Waals surface area contributed by atoms with E-state index in [2.05, 4.69) is 10.2 Å². The van der Waals surface area contributed by atoms with E-state index in [-0.39, 0.29) is 5.12 Å². The van der Waals surface area contributed by atoms with Crippen LogP contribution in [0.3, 0.4) is 0 Å². The van der Waals surface area contributed by atoms with Crippen LogP contribution < -0.4 is 9.47 Å². The monoisotopic (exact) mass is 326 g/mol. The predicted octanol–water partition coefficient (Wildman–Crippen LogP) is 3.58. The third kappa shape index (κ3) is 3.27. The molecule has 3 rings (SSSR count). The van der Waals surface area contributed by atoms with Crippen molar-refractivity contribution in [1.29, 1.82) is 0 Å². The van der Waals surface area contributed by atoms with E-state index in [0.717, 1.165) is 22.5 Å². The van der Waals surface area contributed by atoms with E-state index >= 15 is 0 Å². The number of aromatic nitrogens is 2. The molecule has 0 amide bonds. The Balaban J connectivity index is 1.95. The van der Waals surface area contributed by atoms with Gasteiger partial charge in [0, 0.05) is 22.4 Å². The molecule has 0 atom stereocenters. The van der Waals surface area contributed by atoms with Gasteiger partial charge in [0.1, 0.15) is 16.5 Å². The van der Waals surface area contributed by atoms with Crippen LogP contribution in [-0.2, 0) is 0 Å². The van der Waals surface area contributed by atoms with E-state index in [0.29, 0.717) is 22.1 Å². The quantitative estimate of drug-likeness (QED) is 0.683. The number of benzene rings is 2. The standard InChI is InChI=1S/C17H14N2O3S/c1-21-13-7-12(8-14(9-13)22-2)17(20)23-16-15-6-4-3-5-11(15)10-18-19-16/h3-10H,1-2H3. The highest BCUT2D eigenvalue weighted by molar-refractivity contribution is 8.14. The molecule has 0 saturated heterocycles. The Hall–Kier alpha value is -2.60. The third-order valence-electron chi connectivity index (χ3n) is 3.31. The van der Waals surface area contributed by atoms with Gasteiger partial charge in [0.15, 0.2) is 0 Å². The van der Waals surface area contributed by atoms with Gasteiger partial charge in [-0.2, -0.15) is 5.10 Å². The van der Waals surface area contributed by atoms with Crippen molar-refractivity contribution in [2.45, 2.75) is 5.03 Å². The van der Waals surface area contributed by atoms with Crippen LogP contribution in [0, 0.1) is 0 Å². The molecule has 0 aliphatic carbocycles. The fraction of sp³-hybridized carbons (Fsp3) is 0.118. The number of thioether (sulfide) groups is 1. The number of methoxy groups -OCH3 is 2. The number of nitrogens with zero attached hydrogens (tertiary/aromatic N) is 2. The highest BCUT2D eigenvalue weighted by Gasteiger charge is 2.14. The van der Waals surface area contributed by atoms with Crippen LogP contribution in [0.2, 0.25) is 0 Å². The van der Waals surface area contributed by atoms with Crippen LogP contribution >= 0.6 is 11.8 Å². The molecular weight excluding hydrogens is 312 g/mol. The summed E-state index contributed by atoms with van der Waals surface area (Å²) in [7, 11) is 3.10. The molecule has 23 heavy (non-hydrogen) atoms. The molecule has 116 valence electrons. The highest BCUT2D eigenvalue weighted by atomic mass is 32.2. The first kappa shape index (κ1) is 15.3. The summed E-state index contributed by atoms with van der Waals surface area (Å²) in [6.45, 7) is 0. The topological polar surface area (TPSA) is 61.3 Å². The fourth-order valence-corrected chi connectivity index (χ4v) is 2.94. The van der Waals surface area contributed by atoms with Crippen molar-refractivity contribution in [3.63, 3.8) is 0 Å². The van der Waals surface area contributed by atoms with Gasteiger partial charge in [0.2, 0.25) is 5.12 Å². The molecule has 1 aromatic heterocycles. The Labute approximate surface area is 137 Å². The molecule has 2 aromatic carbocycles. The third-order valence-corrected chi connectivity index (χ3v) is 4.23. The molecule has 6 heteroatoms. The maximum atomic E-state index is 12.6. The van der Waals surface area contributed by atoms with Gasteiger partial charge in [-0.25, -0.2) is 0 Å². The molecule has 0 saturated carbocycles. The summed E-state index contributed by atoms with van der Waals surface area (Å²) in [6.07, 6.45) is 1.68. The predicted molar refractivity (Wildman–Crippen MR) is 89.3 cm³/mol. The van der Waals surface area contributed by atoms with Crippen molar-refractivity contribution in [1.82, 2.24) is 10.2 Å². The SMILES string of the molecule is COc1cc(OC)cc(C(=O)Sc2nncc3ccccc23)c1. The molecule has 0 aliphatic heterocycles. The lowest BCUT2D eigenvalue weighted by atomic mass is 10.2. The Morgan fingerprint density at radius 1 is 1.04 bits per heavy atom. The summed E-state index contributed by atoms with van der Waals surface area (Å²) in [4.78, 5) is 12.6. The second kappa shape index (κ2) is 6.66. The number of hydrogen-bond donors (Lipinski definition) is 0. The molecule has 0 spiro atoms. The van der Waals surface area contributed by atoms with Gasteiger partial charge in [0.25, 0.3) is 0 Å². The van der Waals surface area contributed by atoms with Crippen LogP contribution in [0.1, 0.15) is 10.4 Å². The van der Waals surface area contributed by atoms with E-state index in [9.17, 15) is 4.79 Å². The minimum absolute atomic E-state index is 0.146. The zero-order chi connectivity index (χ0) is 16.2. The van der Waals surface area contributed by atoms with Gasteiger partial charge < -0.3 is 9.47 Å². The summed E-state index contributed by atoms with van der Waals surface area (Å²) in [5.74, 6) is 1.13. The Morgan fingerprint density at radius 3 is 2.43 bits per heavy atom. The molecule has 1 heterocycles. The van der Waals surface area contributed by atoms with Crippen molar-refractivity contribution in [2.75, 3.05) is 14.2 Å². The Bertz CT molecular complexity index is 840. The zero-order valence-corrected chi connectivity index (χ0v) is 13.5. The van der Waals surface area contributed by atoms with E-state index in [1.54, 1.807) is 38.6 Å². The summed E-state index contributed by atoms with van der Waals surface area (Å²) in [5.41, 5.74) is 0.487. The molecule has 3 aromatic rings. The summed E-state index contributed by atoms with van der Waals surface area (Å²) in [6, 6.07) is 12.8. The van der Waals surface area contributed by atoms with Gasteiger partial charge >= 0.3 is 0 Å². The number of hydrogen-bond acceptors (Lipinski definition) is 6. The minimum atomic E-state index is -0.146. The molecule has 0 N–H and O–H groups in total. The van der Waals surface area contributed by atoms with Crippen LogP contribution in [0.25, 0.3) is 10.8 Å². The number of rotatable bonds is 4. The number of fused-ring (bicyclic) bond motifs is 1. The van der Waals surface area contributed by atoms with Crippen molar-refractivity contribution >= 4 is 27.6 Å². The van der Waals surface area contributed by atoms with E-state index < -0.39 is 0 Å². The maximum Gasteiger partial charge on any atom is 0.225 e. The van der Waals surface area contributed by atoms with Crippen molar-refractivity contribution in [3.05, 3.63) is 54.2 Å². The first-order valence-electron chi connectivity index (χ1n) is 6.87. The zero-order valence-electron chi connectivity index (χ0n) is 12.6. The lowest BCUT2D eigenvalue weighted by Crippen LogP contribution is -1.98. The second-order valence-corrected chi connectivity index (χ2v) is 5.69. The van der Waals surface area contributed by atoms with Gasteiger partial charge in [-0.1, -0.05) is 24.3 Å². The molecule has 0 unspecified atom stereocenters. The first-order valence-corrected chi connectivity index (χ1v) is 7.68. The molecular formula is C17H14N2O3S. The normalized spacial score (nSPS) is 10.5. The van der Waals surface area contributed by atoms with Gasteiger partial charge in [-0.3, -0.25) is 4.79 Å². The highest BCUT2D eigenvalue weighted by Crippen LogP contribution is 2.30. The van der Waals surface area contributed by atoms with E-state index in [1.165, 1.54) is 0 Å². The number of ether oxygens (including phenoxy) is 2. The first-order chi connectivity index (χ1) is 11.2. The lowest BCUT2D eigenvalue weighted by molar-refractivity contribution is 0.108. The van der Waals surface area contributed by atoms with Crippen LogP contribution in [0.4, 0.5) is 0 Å². The average Bonchev–Trinajstić information content (AvgIpc) is 2.61. The summed E-state index contributed by atoms with van der Waals surface area (Å²) < 4.78 is 10.4. The smallest absolute Gasteiger partial charge is 0.225 e. The molecule has 0 aliphatic rings. The summed E-state index contributed by atoms with van der Waals surface area (Å²) >= 11 is 1.04. The van der Waals surface area contributed by atoms with Gasteiger partial charge in [-0.05, 0) is 23.9 Å². The van der Waals surface area contributed by atoms with Crippen molar-refractivity contribution < 1.29 is 14.3 Å². The van der Waals surface area contributed by atoms with Crippen molar-refractivity contribution in [3.8, 4) is 11.5 Å². The van der Waals surface area contributed by atoms with E-state index in [4.69, 9.17) is 9.47 Å². The van der Waals surface area contributed by atoms with Gasteiger partial charge in [0.05, 0.1) is 20.4 Å². The van der Waals surface area contributed by atoms with Crippen LogP contribution in [-0.4, -0.2) is 29.5 Å². The Kier molecular flexibility index (Phi) is 4.43. The summed E-state index contributed by atoms with van der Waals surface area (Å²) in [5, 5.41) is 10.3. The molecule has 0 bridgehead atoms. The molecule has 5 nitrogen and oxygen atoms in total. The molecule has 0 radical (unpaired) electrons. The number of carbonyl (C=O) groups is 1. The maximum absolute atomic E-state index is 12.6. The van der Waals surface area contributed by atoms with Crippen LogP contribution in [0.15, 0.2) is 53.7 Å². The fourth-order valence-electron chi connectivity index (χ4n) is 2.15. The Morgan fingerprint density at radius 2 is 1.74 bits per heavy atom. The van der Waals surface area contributed by atoms with Gasteiger partial charge in [-0.15, -0.1) is 5.10 Å². The lowest BCUT2D eigenvalue weighted by Gasteiger charge is -2.08. The molecule has 0 fully saturated rings. The minimum Gasteiger partial charge on any atom is -0.497 e. The average molecular weight is 326 g/mol. The van der Waals surface area contributed by atoms with Crippen molar-refractivity contribution in [2.24, 2.45) is 0 Å². The van der Waals surface area contributed by atoms with Crippen LogP contribution in [0.5, 0.6) is 11.5 Å². The van der Waals surface area contributed by atoms with E-state index in [1.807, 2.05) is 24.3 Å². The number of carbonyl (C=O) groups excluding carboxylic acids is 1. The second-order valence-electron chi connectivity index (χ2n) is 4.73.